The van der Waals surface area contributed by atoms with Crippen LogP contribution < -0.4 is 4.74 Å². The van der Waals surface area contributed by atoms with Gasteiger partial charge in [-0.3, -0.25) is 4.79 Å². The first kappa shape index (κ1) is 11.5. The third-order valence-electron chi connectivity index (χ3n) is 1.44. The lowest BCUT2D eigenvalue weighted by atomic mass is 10.4. The Morgan fingerprint density at radius 3 is 2.38 bits per heavy atom. The summed E-state index contributed by atoms with van der Waals surface area (Å²) in [6, 6.07) is 1.86. The van der Waals surface area contributed by atoms with Gasteiger partial charge in [0.15, 0.2) is 0 Å². The molecular weight excluding hydrogens is 222 g/mol. The van der Waals surface area contributed by atoms with E-state index < -0.39 is 33.2 Å². The van der Waals surface area contributed by atoms with Crippen molar-refractivity contribution in [2.75, 3.05) is 0 Å². The minimum atomic E-state index is -0.967. The van der Waals surface area contributed by atoms with E-state index in [1.54, 1.807) is 0 Å². The second-order valence-corrected chi connectivity index (χ2v) is 2.60. The fourth-order valence-corrected chi connectivity index (χ4v) is 0.893. The smallest absolute Gasteiger partial charge is 0.411 e. The fraction of sp³-hybridized carbons (Fsp3) is 0.143. The van der Waals surface area contributed by atoms with Crippen molar-refractivity contribution in [3.63, 3.8) is 0 Å². The number of carbonyl (C=O) groups is 1. The molecule has 0 aliphatic carbocycles. The van der Waals surface area contributed by atoms with Crippen LogP contribution >= 0.6 is 0 Å². The third kappa shape index (κ3) is 2.47. The Labute approximate surface area is 88.0 Å². The standard InChI is InChI=1S/C7H5N3O6/c1-4(11)16-5-2-3-6(9(12)13)8-7(5)10(14)15/h2-3H,1H3. The lowest BCUT2D eigenvalue weighted by Gasteiger charge is -2.01. The number of nitrogens with zero attached hydrogens (tertiary/aromatic N) is 3. The first-order valence-corrected chi connectivity index (χ1v) is 3.90. The molecule has 0 saturated carbocycles. The van der Waals surface area contributed by atoms with E-state index in [-0.39, 0.29) is 0 Å². The van der Waals surface area contributed by atoms with Gasteiger partial charge >= 0.3 is 17.6 Å². The van der Waals surface area contributed by atoms with Gasteiger partial charge in [0.05, 0.1) is 0 Å². The number of aromatic nitrogens is 1. The van der Waals surface area contributed by atoms with Crippen LogP contribution in [0.15, 0.2) is 12.1 Å². The molecule has 0 unspecified atom stereocenters. The highest BCUT2D eigenvalue weighted by Crippen LogP contribution is 2.26. The number of rotatable bonds is 3. The molecule has 0 N–H and O–H groups in total. The maximum Gasteiger partial charge on any atom is 0.411 e. The predicted octanol–water partition coefficient (Wildman–Crippen LogP) is 0.823. The molecule has 1 aromatic heterocycles. The number of carbonyl (C=O) groups excluding carboxylic acids is 1. The second-order valence-electron chi connectivity index (χ2n) is 2.60. The molecule has 9 heteroatoms. The number of nitro groups is 2. The maximum absolute atomic E-state index is 10.6. The Bertz CT molecular complexity index is 471. The van der Waals surface area contributed by atoms with Crippen LogP contribution in [0.4, 0.5) is 11.6 Å². The minimum absolute atomic E-state index is 0.428. The van der Waals surface area contributed by atoms with E-state index in [1.807, 2.05) is 0 Å². The van der Waals surface area contributed by atoms with Gasteiger partial charge in [-0.25, -0.2) is 0 Å². The van der Waals surface area contributed by atoms with Crippen molar-refractivity contribution in [1.29, 1.82) is 0 Å². The number of esters is 1. The molecule has 0 spiro atoms. The molecule has 84 valence electrons. The zero-order chi connectivity index (χ0) is 12.3. The van der Waals surface area contributed by atoms with E-state index in [0.29, 0.717) is 0 Å². The van der Waals surface area contributed by atoms with E-state index >= 15 is 0 Å². The molecule has 0 radical (unpaired) electrons. The molecule has 0 saturated heterocycles. The topological polar surface area (TPSA) is 125 Å². The maximum atomic E-state index is 10.6. The molecule has 0 atom stereocenters. The zero-order valence-electron chi connectivity index (χ0n) is 7.95. The van der Waals surface area contributed by atoms with E-state index in [9.17, 15) is 25.0 Å². The third-order valence-corrected chi connectivity index (χ3v) is 1.44. The van der Waals surface area contributed by atoms with Gasteiger partial charge in [-0.2, -0.15) is 0 Å². The van der Waals surface area contributed by atoms with Crippen LogP contribution in [0, 0.1) is 20.2 Å². The fourth-order valence-electron chi connectivity index (χ4n) is 0.893. The van der Waals surface area contributed by atoms with Gasteiger partial charge in [-0.1, -0.05) is 0 Å². The molecule has 0 aliphatic heterocycles. The normalized spacial score (nSPS) is 9.56. The van der Waals surface area contributed by atoms with Crippen molar-refractivity contribution >= 4 is 17.6 Å². The second kappa shape index (κ2) is 4.29. The average Bonchev–Trinajstić information content (AvgIpc) is 2.16. The summed E-state index contributed by atoms with van der Waals surface area (Å²) in [6.45, 7) is 1.05. The summed E-state index contributed by atoms with van der Waals surface area (Å²) in [5, 5.41) is 20.8. The lowest BCUT2D eigenvalue weighted by Crippen LogP contribution is -2.06. The van der Waals surface area contributed by atoms with Crippen molar-refractivity contribution in [3.8, 4) is 5.75 Å². The van der Waals surface area contributed by atoms with Gasteiger partial charge < -0.3 is 25.0 Å². The van der Waals surface area contributed by atoms with E-state index in [2.05, 4.69) is 9.72 Å². The van der Waals surface area contributed by atoms with Crippen LogP contribution in [0.3, 0.4) is 0 Å². The summed E-state index contributed by atoms with van der Waals surface area (Å²) >= 11 is 0. The minimum Gasteiger partial charge on any atom is -0.418 e. The number of hydrogen-bond acceptors (Lipinski definition) is 7. The van der Waals surface area contributed by atoms with Gasteiger partial charge in [-0.15, -0.1) is 0 Å². The van der Waals surface area contributed by atoms with Crippen LogP contribution in [-0.4, -0.2) is 20.8 Å². The van der Waals surface area contributed by atoms with Gasteiger partial charge in [0.25, 0.3) is 0 Å². The Hall–Kier alpha value is -2.58. The SMILES string of the molecule is CC(=O)Oc1ccc([N+](=O)[O-])nc1[N+](=O)[O-]. The van der Waals surface area contributed by atoms with Gasteiger partial charge in [0.1, 0.15) is 0 Å². The molecule has 0 fully saturated rings. The van der Waals surface area contributed by atoms with Gasteiger partial charge in [-0.05, 0) is 15.9 Å². The largest absolute Gasteiger partial charge is 0.418 e. The van der Waals surface area contributed by atoms with Crippen LogP contribution in [0.1, 0.15) is 6.92 Å². The molecule has 16 heavy (non-hydrogen) atoms. The highest BCUT2D eigenvalue weighted by Gasteiger charge is 2.22. The molecule has 1 rings (SSSR count). The van der Waals surface area contributed by atoms with E-state index in [1.165, 1.54) is 0 Å². The highest BCUT2D eigenvalue weighted by atomic mass is 16.6. The molecule has 0 bridgehead atoms. The highest BCUT2D eigenvalue weighted by molar-refractivity contribution is 5.70. The monoisotopic (exact) mass is 227 g/mol. The van der Waals surface area contributed by atoms with Gasteiger partial charge in [0, 0.05) is 18.0 Å². The summed E-state index contributed by atoms with van der Waals surface area (Å²) in [5.74, 6) is -2.77. The summed E-state index contributed by atoms with van der Waals surface area (Å²) in [6.07, 6.45) is 0. The van der Waals surface area contributed by atoms with Crippen LogP contribution in [-0.2, 0) is 4.79 Å². The first-order chi connectivity index (χ1) is 7.41. The van der Waals surface area contributed by atoms with Crippen molar-refractivity contribution in [1.82, 2.24) is 4.98 Å². The number of hydrogen-bond donors (Lipinski definition) is 0. The molecule has 0 aromatic carbocycles. The lowest BCUT2D eigenvalue weighted by molar-refractivity contribution is -0.403. The van der Waals surface area contributed by atoms with Gasteiger partial charge in [0.2, 0.25) is 5.75 Å². The average molecular weight is 227 g/mol. The Balaban J connectivity index is 3.24. The molecule has 0 amide bonds. The molecule has 0 aliphatic rings. The van der Waals surface area contributed by atoms with Crippen molar-refractivity contribution in [3.05, 3.63) is 32.4 Å². The summed E-state index contributed by atoms with van der Waals surface area (Å²) < 4.78 is 4.48. The quantitative estimate of drug-likeness (QED) is 0.425. The predicted molar refractivity (Wildman–Crippen MR) is 48.9 cm³/mol. The molecule has 1 aromatic rings. The molecular formula is C7H5N3O6. The van der Waals surface area contributed by atoms with Crippen LogP contribution in [0.5, 0.6) is 5.75 Å². The Kier molecular flexibility index (Phi) is 3.09. The summed E-state index contributed by atoms with van der Waals surface area (Å²) in [7, 11) is 0. The Morgan fingerprint density at radius 1 is 1.31 bits per heavy atom. The number of ether oxygens (including phenoxy) is 1. The van der Waals surface area contributed by atoms with Crippen molar-refractivity contribution < 1.29 is 19.4 Å². The zero-order valence-corrected chi connectivity index (χ0v) is 7.95. The first-order valence-electron chi connectivity index (χ1n) is 3.90. The van der Waals surface area contributed by atoms with Crippen LogP contribution in [0.2, 0.25) is 0 Å². The van der Waals surface area contributed by atoms with E-state index in [4.69, 9.17) is 0 Å². The summed E-state index contributed by atoms with van der Waals surface area (Å²) in [5.41, 5.74) is 0. The van der Waals surface area contributed by atoms with Crippen molar-refractivity contribution in [2.45, 2.75) is 6.92 Å². The molecule has 1 heterocycles. The van der Waals surface area contributed by atoms with Crippen LogP contribution in [0.25, 0.3) is 0 Å². The van der Waals surface area contributed by atoms with Crippen molar-refractivity contribution in [2.24, 2.45) is 0 Å². The molecule has 9 nitrogen and oxygen atoms in total. The Morgan fingerprint density at radius 2 is 1.94 bits per heavy atom. The summed E-state index contributed by atoms with van der Waals surface area (Å²) in [4.78, 5) is 32.7. The number of pyridine rings is 1. The van der Waals surface area contributed by atoms with E-state index in [0.717, 1.165) is 19.1 Å².